The number of carbonyl (C=O) groups excluding carboxylic acids is 2. The fraction of sp³-hybridized carbons (Fsp3) is 0.480. The second-order valence-corrected chi connectivity index (χ2v) is 9.49. The van der Waals surface area contributed by atoms with Crippen LogP contribution in [0.4, 0.5) is 8.78 Å². The summed E-state index contributed by atoms with van der Waals surface area (Å²) in [6.45, 7) is 3.97. The molecule has 2 bridgehead atoms. The number of rotatable bonds is 6. The van der Waals surface area contributed by atoms with Gasteiger partial charge < -0.3 is 29.9 Å². The summed E-state index contributed by atoms with van der Waals surface area (Å²) < 4.78 is 35.0. The number of amides is 2. The summed E-state index contributed by atoms with van der Waals surface area (Å²) in [5, 5.41) is 16.5. The van der Waals surface area contributed by atoms with E-state index in [1.165, 1.54) is 10.6 Å². The molecule has 2 aliphatic heterocycles. The van der Waals surface area contributed by atoms with Gasteiger partial charge in [0.25, 0.3) is 11.8 Å². The van der Waals surface area contributed by atoms with Crippen LogP contribution in [0.5, 0.6) is 5.75 Å². The number of aromatic hydroxyl groups is 1. The Morgan fingerprint density at radius 3 is 2.78 bits per heavy atom. The number of nitrogens with one attached hydrogen (secondary N) is 2. The van der Waals surface area contributed by atoms with Crippen molar-refractivity contribution < 1.29 is 28.2 Å². The first-order chi connectivity index (χ1) is 17.2. The Kier molecular flexibility index (Phi) is 6.29. The van der Waals surface area contributed by atoms with Crippen molar-refractivity contribution in [2.75, 3.05) is 6.54 Å². The highest BCUT2D eigenvalue weighted by molar-refractivity contribution is 6.00. The number of fused-ring (bicyclic) bond motifs is 5. The molecule has 1 aliphatic carbocycles. The molecular formula is C25H28F2N4O5. The van der Waals surface area contributed by atoms with Gasteiger partial charge in [-0.05, 0) is 38.8 Å². The quantitative estimate of drug-likeness (QED) is 0.558. The molecule has 11 heteroatoms. The standard InChI is InChI=1S/C25H28F2N4O5/c1-3-28-12(2)20-19(24(34)29-10-13-4-5-14(26)8-17(13)27)22(32)23(33)21-25(35)31-15-6-7-16(9-15)36-18(31)11-30(20)21/h4-5,8,12,15-16,18,28,33H,3,6-7,9-11H2,1-2H3,(H,29,34). The van der Waals surface area contributed by atoms with Crippen LogP contribution in [0, 0.1) is 11.6 Å². The fourth-order valence-electron chi connectivity index (χ4n) is 5.66. The van der Waals surface area contributed by atoms with Crippen LogP contribution in [0.25, 0.3) is 0 Å². The summed E-state index contributed by atoms with van der Waals surface area (Å²) in [4.78, 5) is 41.7. The summed E-state index contributed by atoms with van der Waals surface area (Å²) in [6, 6.07) is 2.41. The average Bonchev–Trinajstić information content (AvgIpc) is 3.20. The van der Waals surface area contributed by atoms with E-state index in [0.29, 0.717) is 19.0 Å². The van der Waals surface area contributed by atoms with E-state index >= 15 is 0 Å². The lowest BCUT2D eigenvalue weighted by atomic mass is 10.00. The molecule has 5 rings (SSSR count). The van der Waals surface area contributed by atoms with Gasteiger partial charge in [-0.15, -0.1) is 0 Å². The molecule has 2 fully saturated rings. The zero-order chi connectivity index (χ0) is 25.7. The van der Waals surface area contributed by atoms with Crippen LogP contribution in [-0.2, 0) is 17.8 Å². The van der Waals surface area contributed by atoms with E-state index in [1.54, 1.807) is 11.8 Å². The molecular weight excluding hydrogens is 474 g/mol. The van der Waals surface area contributed by atoms with E-state index in [4.69, 9.17) is 4.74 Å². The lowest BCUT2D eigenvalue weighted by Crippen LogP contribution is -2.58. The Morgan fingerprint density at radius 2 is 2.06 bits per heavy atom. The number of benzene rings is 1. The van der Waals surface area contributed by atoms with Gasteiger partial charge in [0.05, 0.1) is 18.3 Å². The Hall–Kier alpha value is -3.31. The number of hydrogen-bond acceptors (Lipinski definition) is 6. The van der Waals surface area contributed by atoms with Crippen LogP contribution in [0.15, 0.2) is 23.0 Å². The summed E-state index contributed by atoms with van der Waals surface area (Å²) in [5.41, 5.74) is -1.21. The zero-order valence-corrected chi connectivity index (χ0v) is 20.0. The Morgan fingerprint density at radius 1 is 1.28 bits per heavy atom. The van der Waals surface area contributed by atoms with E-state index in [2.05, 4.69) is 10.6 Å². The molecule has 9 nitrogen and oxygen atoms in total. The van der Waals surface area contributed by atoms with E-state index in [-0.39, 0.29) is 47.8 Å². The van der Waals surface area contributed by atoms with Gasteiger partial charge in [-0.25, -0.2) is 8.78 Å². The third kappa shape index (κ3) is 3.96. The molecule has 1 aromatic heterocycles. The van der Waals surface area contributed by atoms with E-state index in [0.717, 1.165) is 18.9 Å². The van der Waals surface area contributed by atoms with Crippen molar-refractivity contribution in [2.45, 2.75) is 70.6 Å². The van der Waals surface area contributed by atoms with Crippen molar-refractivity contribution in [3.05, 3.63) is 62.6 Å². The SMILES string of the molecule is CCNC(C)c1c(C(=O)NCc2ccc(F)cc2F)c(=O)c(O)c2n1CC1OC3CCC(C3)N1C2=O. The minimum atomic E-state index is -0.980. The molecule has 1 saturated heterocycles. The van der Waals surface area contributed by atoms with E-state index in [1.807, 2.05) is 6.92 Å². The second kappa shape index (κ2) is 9.29. The van der Waals surface area contributed by atoms with Crippen molar-refractivity contribution in [3.63, 3.8) is 0 Å². The highest BCUT2D eigenvalue weighted by Gasteiger charge is 2.48. The van der Waals surface area contributed by atoms with Crippen molar-refractivity contribution in [1.82, 2.24) is 20.1 Å². The van der Waals surface area contributed by atoms with E-state index < -0.39 is 46.9 Å². The topological polar surface area (TPSA) is 113 Å². The first kappa shape index (κ1) is 24.4. The van der Waals surface area contributed by atoms with Gasteiger partial charge in [-0.3, -0.25) is 14.4 Å². The van der Waals surface area contributed by atoms with Crippen molar-refractivity contribution >= 4 is 11.8 Å². The van der Waals surface area contributed by atoms with Gasteiger partial charge in [0.2, 0.25) is 5.43 Å². The predicted molar refractivity (Wildman–Crippen MR) is 124 cm³/mol. The van der Waals surface area contributed by atoms with Crippen molar-refractivity contribution in [1.29, 1.82) is 0 Å². The van der Waals surface area contributed by atoms with Gasteiger partial charge in [0.15, 0.2) is 17.7 Å². The van der Waals surface area contributed by atoms with Crippen molar-refractivity contribution in [3.8, 4) is 5.75 Å². The van der Waals surface area contributed by atoms with Crippen LogP contribution in [-0.4, -0.2) is 51.3 Å². The summed E-state index contributed by atoms with van der Waals surface area (Å²) in [5.74, 6) is -3.73. The smallest absolute Gasteiger partial charge is 0.276 e. The molecule has 3 heterocycles. The number of carbonyl (C=O) groups is 2. The Labute approximate surface area is 206 Å². The molecule has 4 unspecified atom stereocenters. The third-order valence-corrected chi connectivity index (χ3v) is 7.27. The molecule has 3 aliphatic rings. The Balaban J connectivity index is 1.58. The monoisotopic (exact) mass is 502 g/mol. The largest absolute Gasteiger partial charge is 0.503 e. The van der Waals surface area contributed by atoms with Gasteiger partial charge in [0, 0.05) is 30.3 Å². The normalized spacial score (nSPS) is 23.3. The summed E-state index contributed by atoms with van der Waals surface area (Å²) in [6.07, 6.45) is 1.81. The number of ether oxygens (including phenoxy) is 1. The molecule has 2 amide bonds. The first-order valence-electron chi connectivity index (χ1n) is 12.1. The highest BCUT2D eigenvalue weighted by Crippen LogP contribution is 2.40. The van der Waals surface area contributed by atoms with Crippen LogP contribution < -0.4 is 16.1 Å². The zero-order valence-electron chi connectivity index (χ0n) is 20.0. The van der Waals surface area contributed by atoms with E-state index in [9.17, 15) is 28.3 Å². The van der Waals surface area contributed by atoms with Gasteiger partial charge in [0.1, 0.15) is 17.2 Å². The van der Waals surface area contributed by atoms with Gasteiger partial charge in [-0.1, -0.05) is 13.0 Å². The van der Waals surface area contributed by atoms with Crippen molar-refractivity contribution in [2.24, 2.45) is 0 Å². The fourth-order valence-corrected chi connectivity index (χ4v) is 5.66. The maximum absolute atomic E-state index is 14.1. The maximum atomic E-state index is 14.1. The first-order valence-corrected chi connectivity index (χ1v) is 12.1. The lowest BCUT2D eigenvalue weighted by Gasteiger charge is -2.45. The molecule has 1 saturated carbocycles. The second-order valence-electron chi connectivity index (χ2n) is 9.49. The molecule has 0 radical (unpaired) electrons. The summed E-state index contributed by atoms with van der Waals surface area (Å²) in [7, 11) is 0. The number of aromatic nitrogens is 1. The molecule has 3 N–H and O–H groups in total. The Bertz CT molecular complexity index is 1300. The number of pyridine rings is 1. The van der Waals surface area contributed by atoms with Crippen LogP contribution in [0.2, 0.25) is 0 Å². The van der Waals surface area contributed by atoms with Gasteiger partial charge in [-0.2, -0.15) is 0 Å². The molecule has 36 heavy (non-hydrogen) atoms. The van der Waals surface area contributed by atoms with Crippen LogP contribution in [0.3, 0.4) is 0 Å². The van der Waals surface area contributed by atoms with Gasteiger partial charge >= 0.3 is 0 Å². The van der Waals surface area contributed by atoms with Crippen LogP contribution >= 0.6 is 0 Å². The summed E-state index contributed by atoms with van der Waals surface area (Å²) >= 11 is 0. The molecule has 4 atom stereocenters. The predicted octanol–water partition coefficient (Wildman–Crippen LogP) is 2.17. The molecule has 0 spiro atoms. The highest BCUT2D eigenvalue weighted by atomic mass is 19.1. The minimum Gasteiger partial charge on any atom is -0.503 e. The lowest BCUT2D eigenvalue weighted by molar-refractivity contribution is -0.132. The third-order valence-electron chi connectivity index (χ3n) is 7.27. The molecule has 2 aromatic rings. The maximum Gasteiger partial charge on any atom is 0.276 e. The average molecular weight is 503 g/mol. The minimum absolute atomic E-state index is 0.0206. The van der Waals surface area contributed by atoms with Crippen LogP contribution in [0.1, 0.15) is 71.3 Å². The molecule has 1 aromatic carbocycles. The molecule has 192 valence electrons. The number of hydrogen-bond donors (Lipinski definition) is 3. The number of halogens is 2. The number of nitrogens with zero attached hydrogens (tertiary/aromatic N) is 2.